The van der Waals surface area contributed by atoms with Gasteiger partial charge in [0, 0.05) is 38.1 Å². The van der Waals surface area contributed by atoms with Gasteiger partial charge in [0.1, 0.15) is 24.2 Å². The molecule has 0 aromatic heterocycles. The molecule has 0 aliphatic carbocycles. The first-order valence-electron chi connectivity index (χ1n) is 16.3. The Balaban J connectivity index is 1.58. The number of nitrogens with zero attached hydrogens (tertiary/aromatic N) is 2. The largest absolute Gasteiger partial charge is 0.481 e. The maximum Gasteiger partial charge on any atom is 0.312 e. The van der Waals surface area contributed by atoms with E-state index in [4.69, 9.17) is 11.5 Å². The van der Waals surface area contributed by atoms with Crippen LogP contribution in [0.4, 0.5) is 4.79 Å². The van der Waals surface area contributed by atoms with Crippen LogP contribution in [-0.2, 0) is 40.0 Å². The standard InChI is InChI=1S/C34H41N7O9/c35-30(46)23(8-5-16-37-34(36)50)38-31(47)24(19-20-10-11-21-6-1-2-7-22(21)18-20)39-32(48)25-9-3-4-17-40(25)33(49)26(12-15-29(44)45)41-27(42)13-14-28(41)43/h1-2,6-7,10-11,13-14,18,23-26H,3-5,8-9,12,15-17,19H2,(H2,35,46)(H,38,47)(H,39,48)(H,44,45)(H3,36,37,50)/t23-,24?,25-,26-/m0/s1. The van der Waals surface area contributed by atoms with Gasteiger partial charge in [-0.3, -0.25) is 38.5 Å². The SMILES string of the molecule is NC(=O)NCCC[C@H](NC(=O)C(Cc1ccc2ccccc2c1)NC(=O)[C@@H]1CCCCN1C(=O)[C@H](CCC(=O)O)N1C(=O)C=CC1=O)C(N)=O. The minimum absolute atomic E-state index is 0.00146. The average Bonchev–Trinajstić information content (AvgIpc) is 3.42. The number of fused-ring (bicyclic) bond motifs is 1. The van der Waals surface area contributed by atoms with Crippen LogP contribution in [0, 0.1) is 0 Å². The summed E-state index contributed by atoms with van der Waals surface area (Å²) in [6.45, 7) is 0.227. The van der Waals surface area contributed by atoms with Crippen molar-refractivity contribution in [1.82, 2.24) is 25.8 Å². The Kier molecular flexibility index (Phi) is 12.6. The van der Waals surface area contributed by atoms with Crippen LogP contribution < -0.4 is 27.4 Å². The third-order valence-corrected chi connectivity index (χ3v) is 8.68. The summed E-state index contributed by atoms with van der Waals surface area (Å²) in [7, 11) is 0. The van der Waals surface area contributed by atoms with Crippen molar-refractivity contribution >= 4 is 58.2 Å². The quantitative estimate of drug-likeness (QED) is 0.101. The van der Waals surface area contributed by atoms with Crippen molar-refractivity contribution in [2.75, 3.05) is 13.1 Å². The Hall–Kier alpha value is -5.80. The Labute approximate surface area is 287 Å². The topological polar surface area (TPSA) is 251 Å². The number of likely N-dealkylation sites (tertiary alicyclic amines) is 1. The Morgan fingerprint density at radius 1 is 0.880 bits per heavy atom. The number of carbonyl (C=O) groups is 8. The molecule has 0 radical (unpaired) electrons. The Morgan fingerprint density at radius 2 is 1.58 bits per heavy atom. The van der Waals surface area contributed by atoms with Gasteiger partial charge in [0.25, 0.3) is 11.8 Å². The number of benzene rings is 2. The number of amides is 8. The first kappa shape index (κ1) is 37.0. The van der Waals surface area contributed by atoms with Gasteiger partial charge in [0.05, 0.1) is 0 Å². The van der Waals surface area contributed by atoms with Crippen LogP contribution in [0.1, 0.15) is 50.5 Å². The molecule has 2 aromatic rings. The number of urea groups is 1. The number of carboxylic acids is 1. The molecule has 2 heterocycles. The summed E-state index contributed by atoms with van der Waals surface area (Å²) < 4.78 is 0. The molecule has 16 heteroatoms. The summed E-state index contributed by atoms with van der Waals surface area (Å²) >= 11 is 0. The maximum atomic E-state index is 14.0. The van der Waals surface area contributed by atoms with Crippen molar-refractivity contribution in [3.63, 3.8) is 0 Å². The molecule has 1 saturated heterocycles. The Morgan fingerprint density at radius 3 is 2.24 bits per heavy atom. The highest BCUT2D eigenvalue weighted by molar-refractivity contribution is 6.15. The number of aliphatic carboxylic acids is 1. The molecule has 0 saturated carbocycles. The van der Waals surface area contributed by atoms with E-state index in [2.05, 4.69) is 16.0 Å². The number of nitrogens with two attached hydrogens (primary N) is 2. The lowest BCUT2D eigenvalue weighted by Crippen LogP contribution is -2.61. The lowest BCUT2D eigenvalue weighted by Gasteiger charge is -2.39. The third-order valence-electron chi connectivity index (χ3n) is 8.68. The van der Waals surface area contributed by atoms with Gasteiger partial charge in [-0.1, -0.05) is 42.5 Å². The fourth-order valence-electron chi connectivity index (χ4n) is 6.16. The molecule has 8 N–H and O–H groups in total. The van der Waals surface area contributed by atoms with Gasteiger partial charge >= 0.3 is 12.0 Å². The van der Waals surface area contributed by atoms with Crippen molar-refractivity contribution in [2.45, 2.75) is 75.5 Å². The van der Waals surface area contributed by atoms with Crippen molar-refractivity contribution in [1.29, 1.82) is 0 Å². The maximum absolute atomic E-state index is 14.0. The minimum atomic E-state index is -1.45. The average molecular weight is 692 g/mol. The number of hydrogen-bond donors (Lipinski definition) is 6. The van der Waals surface area contributed by atoms with Gasteiger partial charge in [0.2, 0.25) is 23.6 Å². The van der Waals surface area contributed by atoms with E-state index in [-0.39, 0.29) is 45.2 Å². The molecular weight excluding hydrogens is 650 g/mol. The van der Waals surface area contributed by atoms with Gasteiger partial charge in [0.15, 0.2) is 0 Å². The summed E-state index contributed by atoms with van der Waals surface area (Å²) in [6.07, 6.45) is 2.72. The molecule has 2 aliphatic heterocycles. The number of carboxylic acid groups (broad SMARTS) is 1. The Bertz CT molecular complexity index is 1680. The van der Waals surface area contributed by atoms with Crippen molar-refractivity contribution < 1.29 is 43.5 Å². The van der Waals surface area contributed by atoms with E-state index in [1.165, 1.54) is 4.90 Å². The van der Waals surface area contributed by atoms with Crippen LogP contribution in [0.5, 0.6) is 0 Å². The molecule has 50 heavy (non-hydrogen) atoms. The third kappa shape index (κ3) is 9.64. The molecule has 1 fully saturated rings. The zero-order chi connectivity index (χ0) is 36.4. The van der Waals surface area contributed by atoms with Gasteiger partial charge in [-0.05, 0) is 54.9 Å². The predicted molar refractivity (Wildman–Crippen MR) is 179 cm³/mol. The predicted octanol–water partition coefficient (Wildman–Crippen LogP) is -0.175. The molecule has 2 aromatic carbocycles. The summed E-state index contributed by atoms with van der Waals surface area (Å²) in [4.78, 5) is 103. The van der Waals surface area contributed by atoms with Gasteiger partial charge in [-0.15, -0.1) is 0 Å². The lowest BCUT2D eigenvalue weighted by molar-refractivity contribution is -0.154. The molecular formula is C34H41N7O9. The van der Waals surface area contributed by atoms with E-state index >= 15 is 0 Å². The number of rotatable bonds is 16. The van der Waals surface area contributed by atoms with Gasteiger partial charge < -0.3 is 37.4 Å². The first-order chi connectivity index (χ1) is 23.8. The van der Waals surface area contributed by atoms with Gasteiger partial charge in [-0.25, -0.2) is 4.79 Å². The molecule has 266 valence electrons. The van der Waals surface area contributed by atoms with Crippen LogP contribution >= 0.6 is 0 Å². The molecule has 0 spiro atoms. The second kappa shape index (κ2) is 17.0. The molecule has 16 nitrogen and oxygen atoms in total. The van der Waals surface area contributed by atoms with E-state index in [9.17, 15) is 43.5 Å². The second-order valence-corrected chi connectivity index (χ2v) is 12.2. The summed E-state index contributed by atoms with van der Waals surface area (Å²) in [5.74, 6) is -5.75. The van der Waals surface area contributed by atoms with E-state index in [0.29, 0.717) is 23.3 Å². The van der Waals surface area contributed by atoms with Crippen LogP contribution in [0.3, 0.4) is 0 Å². The number of primary amides is 2. The smallest absolute Gasteiger partial charge is 0.312 e. The second-order valence-electron chi connectivity index (χ2n) is 12.2. The summed E-state index contributed by atoms with van der Waals surface area (Å²) in [5, 5.41) is 18.9. The molecule has 4 atom stereocenters. The van der Waals surface area contributed by atoms with Crippen LogP contribution in [0.15, 0.2) is 54.6 Å². The summed E-state index contributed by atoms with van der Waals surface area (Å²) in [6, 6.07) is 7.42. The molecule has 1 unspecified atom stereocenters. The summed E-state index contributed by atoms with van der Waals surface area (Å²) in [5.41, 5.74) is 11.3. The lowest BCUT2D eigenvalue weighted by atomic mass is 9.97. The van der Waals surface area contributed by atoms with Crippen molar-refractivity contribution in [2.24, 2.45) is 11.5 Å². The number of imide groups is 1. The van der Waals surface area contributed by atoms with Crippen LogP contribution in [-0.4, -0.2) is 99.6 Å². The molecule has 2 aliphatic rings. The van der Waals surface area contributed by atoms with Gasteiger partial charge in [-0.2, -0.15) is 0 Å². The van der Waals surface area contributed by atoms with Crippen LogP contribution in [0.25, 0.3) is 10.8 Å². The monoisotopic (exact) mass is 691 g/mol. The highest BCUT2D eigenvalue weighted by Crippen LogP contribution is 2.24. The van der Waals surface area contributed by atoms with Crippen LogP contribution in [0.2, 0.25) is 0 Å². The normalized spacial score (nSPS) is 17.6. The minimum Gasteiger partial charge on any atom is -0.481 e. The van der Waals surface area contributed by atoms with E-state index in [1.54, 1.807) is 6.07 Å². The highest BCUT2D eigenvalue weighted by atomic mass is 16.4. The molecule has 0 bridgehead atoms. The van der Waals surface area contributed by atoms with Crippen molar-refractivity contribution in [3.8, 4) is 0 Å². The zero-order valence-corrected chi connectivity index (χ0v) is 27.3. The number of hydrogen-bond acceptors (Lipinski definition) is 8. The van der Waals surface area contributed by atoms with Crippen molar-refractivity contribution in [3.05, 3.63) is 60.2 Å². The fraction of sp³-hybridized carbons (Fsp3) is 0.412. The number of nitrogens with one attached hydrogen (secondary N) is 3. The zero-order valence-electron chi connectivity index (χ0n) is 27.3. The molecule has 4 rings (SSSR count). The number of piperidine rings is 1. The molecule has 8 amide bonds. The fourth-order valence-corrected chi connectivity index (χ4v) is 6.16. The van der Waals surface area contributed by atoms with E-state index < -0.39 is 78.0 Å². The van der Waals surface area contributed by atoms with E-state index in [1.807, 2.05) is 36.4 Å². The number of carbonyl (C=O) groups excluding carboxylic acids is 7. The van der Waals surface area contributed by atoms with E-state index in [0.717, 1.165) is 22.9 Å². The first-order valence-corrected chi connectivity index (χ1v) is 16.3. The highest BCUT2D eigenvalue weighted by Gasteiger charge is 2.42.